The van der Waals surface area contributed by atoms with E-state index < -0.39 is 34.2 Å². The van der Waals surface area contributed by atoms with Crippen LogP contribution in [0.15, 0.2) is 0 Å². The molecule has 0 aliphatic carbocycles. The molecule has 49 heavy (non-hydrogen) atoms. The van der Waals surface area contributed by atoms with Gasteiger partial charge in [0, 0.05) is 34.2 Å². The number of rotatable bonds is 30. The third kappa shape index (κ3) is 25.4. The van der Waals surface area contributed by atoms with E-state index in [1.54, 1.807) is 0 Å². The molecule has 0 unspecified atom stereocenters. The third-order valence-corrected chi connectivity index (χ3v) is 11.4. The first-order valence-electron chi connectivity index (χ1n) is 20.5. The number of carboxylic acid groups (broad SMARTS) is 3. The minimum Gasteiger partial charge on any atom is -0.550 e. The molecule has 6 nitrogen and oxygen atoms in total. The summed E-state index contributed by atoms with van der Waals surface area (Å²) in [5.41, 5.74) is -1.69. The zero-order valence-corrected chi connectivity index (χ0v) is 37.2. The molecular formula is C42H81NdO6. The Bertz CT molecular complexity index is 656. The molecular weight excluding hydrogens is 745 g/mol. The number of hydrogen-bond donors (Lipinski definition) is 0. The summed E-state index contributed by atoms with van der Waals surface area (Å²) in [5.74, 6) is -2.57. The van der Waals surface area contributed by atoms with Crippen molar-refractivity contribution in [2.24, 2.45) is 16.2 Å². The first-order chi connectivity index (χ1) is 22.9. The molecule has 0 N–H and O–H groups in total. The minimum absolute atomic E-state index is 0. The Morgan fingerprint density at radius 2 is 0.490 bits per heavy atom. The maximum Gasteiger partial charge on any atom is 3.00 e. The van der Waals surface area contributed by atoms with Gasteiger partial charge in [-0.2, -0.15) is 0 Å². The van der Waals surface area contributed by atoms with E-state index in [-0.39, 0.29) is 40.8 Å². The largest absolute Gasteiger partial charge is 3.00 e. The second-order valence-electron chi connectivity index (χ2n) is 14.4. The molecule has 0 heterocycles. The Labute approximate surface area is 338 Å². The van der Waals surface area contributed by atoms with Gasteiger partial charge in [0.15, 0.2) is 0 Å². The normalized spacial score (nSPS) is 11.4. The van der Waals surface area contributed by atoms with Crippen molar-refractivity contribution >= 4 is 17.9 Å². The van der Waals surface area contributed by atoms with Crippen molar-refractivity contribution in [3.05, 3.63) is 0 Å². The molecule has 0 spiro atoms. The molecule has 1 radical (unpaired) electrons. The van der Waals surface area contributed by atoms with Gasteiger partial charge in [-0.25, -0.2) is 0 Å². The van der Waals surface area contributed by atoms with Gasteiger partial charge in [0.25, 0.3) is 0 Å². The van der Waals surface area contributed by atoms with Gasteiger partial charge in [-0.3, -0.25) is 0 Å². The first-order valence-corrected chi connectivity index (χ1v) is 20.5. The van der Waals surface area contributed by atoms with Gasteiger partial charge < -0.3 is 29.7 Å². The van der Waals surface area contributed by atoms with Gasteiger partial charge in [-0.15, -0.1) is 0 Å². The summed E-state index contributed by atoms with van der Waals surface area (Å²) < 4.78 is 0. The molecule has 0 saturated carbocycles. The minimum atomic E-state index is -0.856. The van der Waals surface area contributed by atoms with Crippen LogP contribution in [0.3, 0.4) is 0 Å². The Hall–Kier alpha value is -0.239. The van der Waals surface area contributed by atoms with Crippen LogP contribution in [0.25, 0.3) is 0 Å². The molecule has 0 aromatic heterocycles. The summed E-state index contributed by atoms with van der Waals surface area (Å²) >= 11 is 0. The summed E-state index contributed by atoms with van der Waals surface area (Å²) in [6.45, 7) is 18.3. The average molecular weight is 826 g/mol. The fourth-order valence-corrected chi connectivity index (χ4v) is 6.71. The van der Waals surface area contributed by atoms with Crippen molar-refractivity contribution in [2.75, 3.05) is 0 Å². The summed E-state index contributed by atoms with van der Waals surface area (Å²) in [7, 11) is 0. The molecule has 0 atom stereocenters. The molecule has 0 aliphatic rings. The Morgan fingerprint density at radius 1 is 0.327 bits per heavy atom. The summed E-state index contributed by atoms with van der Waals surface area (Å²) in [4.78, 5) is 33.4. The van der Waals surface area contributed by atoms with E-state index in [4.69, 9.17) is 0 Å². The van der Waals surface area contributed by atoms with Crippen molar-refractivity contribution in [3.8, 4) is 0 Å². The summed E-state index contributed by atoms with van der Waals surface area (Å²) in [6.07, 6.45) is 28.3. The zero-order valence-electron chi connectivity index (χ0n) is 34.0. The van der Waals surface area contributed by atoms with Gasteiger partial charge >= 0.3 is 40.8 Å². The predicted molar refractivity (Wildman–Crippen MR) is 198 cm³/mol. The molecule has 0 bridgehead atoms. The summed E-state index contributed by atoms with van der Waals surface area (Å²) in [5, 5.41) is 33.4. The molecule has 0 fully saturated rings. The smallest absolute Gasteiger partial charge is 0.550 e. The molecule has 7 heteroatoms. The number of hydrogen-bond acceptors (Lipinski definition) is 6. The van der Waals surface area contributed by atoms with E-state index in [0.717, 1.165) is 57.8 Å². The summed E-state index contributed by atoms with van der Waals surface area (Å²) in [6, 6.07) is 0. The predicted octanol–water partition coefficient (Wildman–Crippen LogP) is 9.88. The standard InChI is InChI=1S/3C14H28O2.Nd/c3*1-4-7-8-9-10-11-12-14(5-2,6-3)13(15)16;/h3*4-12H2,1-3H3,(H,15,16);/q;;;+3/p-3. The molecule has 0 aliphatic heterocycles. The number of carboxylic acids is 3. The molecule has 289 valence electrons. The van der Waals surface area contributed by atoms with E-state index in [0.29, 0.717) is 38.5 Å². The average Bonchev–Trinajstić information content (AvgIpc) is 3.08. The quantitative estimate of drug-likeness (QED) is 0.0666. The van der Waals surface area contributed by atoms with Gasteiger partial charge in [0.1, 0.15) is 0 Å². The van der Waals surface area contributed by atoms with Crippen LogP contribution >= 0.6 is 0 Å². The maximum absolute atomic E-state index is 11.1. The number of aliphatic carboxylic acids is 3. The van der Waals surface area contributed by atoms with Crippen LogP contribution in [-0.2, 0) is 14.4 Å². The van der Waals surface area contributed by atoms with Crippen LogP contribution in [0, 0.1) is 57.1 Å². The maximum atomic E-state index is 11.1. The van der Waals surface area contributed by atoms with Gasteiger partial charge in [-0.05, 0) is 57.8 Å². The Kier molecular flexibility index (Phi) is 40.9. The number of carbonyl (C=O) groups is 3. The fourth-order valence-electron chi connectivity index (χ4n) is 6.71. The first kappa shape index (κ1) is 55.5. The second kappa shape index (κ2) is 36.1. The number of unbranched alkanes of at least 4 members (excludes halogenated alkanes) is 15. The SMILES string of the molecule is CCCCCCCCC(CC)(CC)C(=O)[O-].CCCCCCCCC(CC)(CC)C(=O)[O-].CCCCCCCCC(CC)(CC)C(=O)[O-].[Nd+3]. The van der Waals surface area contributed by atoms with E-state index in [1.807, 2.05) is 41.5 Å². The Balaban J connectivity index is -0.000000307. The van der Waals surface area contributed by atoms with Crippen LogP contribution in [0.1, 0.15) is 236 Å². The van der Waals surface area contributed by atoms with Crippen LogP contribution in [0.4, 0.5) is 0 Å². The molecule has 0 rings (SSSR count). The van der Waals surface area contributed by atoms with Gasteiger partial charge in [0.2, 0.25) is 0 Å². The Morgan fingerprint density at radius 3 is 0.633 bits per heavy atom. The van der Waals surface area contributed by atoms with Crippen LogP contribution in [0.2, 0.25) is 0 Å². The van der Waals surface area contributed by atoms with Crippen molar-refractivity contribution in [2.45, 2.75) is 236 Å². The van der Waals surface area contributed by atoms with E-state index >= 15 is 0 Å². The van der Waals surface area contributed by atoms with Crippen molar-refractivity contribution < 1.29 is 70.5 Å². The van der Waals surface area contributed by atoms with Crippen LogP contribution in [-0.4, -0.2) is 17.9 Å². The van der Waals surface area contributed by atoms with Crippen LogP contribution in [0.5, 0.6) is 0 Å². The van der Waals surface area contributed by atoms with E-state index in [9.17, 15) is 29.7 Å². The van der Waals surface area contributed by atoms with Gasteiger partial charge in [-0.1, -0.05) is 178 Å². The van der Waals surface area contributed by atoms with E-state index in [1.165, 1.54) is 77.0 Å². The number of carbonyl (C=O) groups excluding carboxylic acids is 3. The fraction of sp³-hybridized carbons (Fsp3) is 0.929. The molecule has 0 amide bonds. The van der Waals surface area contributed by atoms with E-state index in [2.05, 4.69) is 20.8 Å². The topological polar surface area (TPSA) is 120 Å². The zero-order chi connectivity index (χ0) is 37.3. The third-order valence-electron chi connectivity index (χ3n) is 11.4. The van der Waals surface area contributed by atoms with Crippen molar-refractivity contribution in [1.29, 1.82) is 0 Å². The van der Waals surface area contributed by atoms with Crippen molar-refractivity contribution in [1.82, 2.24) is 0 Å². The molecule has 0 aromatic carbocycles. The second-order valence-corrected chi connectivity index (χ2v) is 14.4. The van der Waals surface area contributed by atoms with Gasteiger partial charge in [0.05, 0.1) is 0 Å². The van der Waals surface area contributed by atoms with Crippen molar-refractivity contribution in [3.63, 3.8) is 0 Å². The molecule has 0 saturated heterocycles. The molecule has 0 aromatic rings. The monoisotopic (exact) mass is 824 g/mol. The van der Waals surface area contributed by atoms with Crippen LogP contribution < -0.4 is 15.3 Å².